The van der Waals surface area contributed by atoms with Gasteiger partial charge in [-0.3, -0.25) is 0 Å². The lowest BCUT2D eigenvalue weighted by Gasteiger charge is -2.20. The van der Waals surface area contributed by atoms with Crippen LogP contribution < -0.4 is 0 Å². The Kier molecular flexibility index (Phi) is 6.75. The lowest BCUT2D eigenvalue weighted by atomic mass is 9.96. The summed E-state index contributed by atoms with van der Waals surface area (Å²) in [5, 5.41) is 12.0. The van der Waals surface area contributed by atoms with Gasteiger partial charge in [0, 0.05) is 25.0 Å². The van der Waals surface area contributed by atoms with Crippen molar-refractivity contribution in [2.75, 3.05) is 5.75 Å². The van der Waals surface area contributed by atoms with E-state index < -0.39 is 11.9 Å². The maximum absolute atomic E-state index is 12.7. The van der Waals surface area contributed by atoms with Crippen LogP contribution in [-0.2, 0) is 0 Å². The summed E-state index contributed by atoms with van der Waals surface area (Å²) in [6.07, 6.45) is 5.75. The molecule has 0 unspecified atom stereocenters. The predicted octanol–water partition coefficient (Wildman–Crippen LogP) is 4.96. The van der Waals surface area contributed by atoms with Gasteiger partial charge in [-0.25, -0.2) is 14.1 Å². The molecule has 1 aromatic heterocycles. The van der Waals surface area contributed by atoms with Gasteiger partial charge < -0.3 is 5.21 Å². The molecule has 0 atom stereocenters. The van der Waals surface area contributed by atoms with Crippen LogP contribution in [0.1, 0.15) is 43.4 Å². The number of hydrogen-bond acceptors (Lipinski definition) is 4. The van der Waals surface area contributed by atoms with Gasteiger partial charge in [0.05, 0.1) is 6.20 Å². The second-order valence-corrected chi connectivity index (χ2v) is 7.48. The molecule has 3 nitrogen and oxygen atoms in total. The van der Waals surface area contributed by atoms with Gasteiger partial charge in [0.15, 0.2) is 22.4 Å². The Balaban J connectivity index is 1.86. The van der Waals surface area contributed by atoms with Gasteiger partial charge in [0.25, 0.3) is 0 Å². The van der Waals surface area contributed by atoms with E-state index in [0.717, 1.165) is 35.3 Å². The molecule has 0 aliphatic heterocycles. The molecule has 0 radical (unpaired) electrons. The van der Waals surface area contributed by atoms with Crippen LogP contribution in [0.4, 0.5) is 13.2 Å². The molecule has 2 rings (SSSR count). The van der Waals surface area contributed by atoms with E-state index >= 15 is 0 Å². The highest BCUT2D eigenvalue weighted by atomic mass is 32.2. The van der Waals surface area contributed by atoms with Gasteiger partial charge in [-0.2, -0.15) is 8.78 Å². The van der Waals surface area contributed by atoms with Gasteiger partial charge in [0.2, 0.25) is 0 Å². The van der Waals surface area contributed by atoms with Crippen LogP contribution in [0.15, 0.2) is 22.4 Å². The Hall–Kier alpha value is -1.02. The molecule has 22 heavy (non-hydrogen) atoms. The van der Waals surface area contributed by atoms with Crippen LogP contribution in [0.25, 0.3) is 0 Å². The van der Waals surface area contributed by atoms with Crippen LogP contribution in [0.3, 0.4) is 0 Å². The number of rotatable bonds is 6. The molecule has 0 aromatic carbocycles. The minimum Gasteiger partial charge on any atom is -0.624 e. The highest BCUT2D eigenvalue weighted by Gasteiger charge is 2.19. The van der Waals surface area contributed by atoms with Crippen molar-refractivity contribution in [2.24, 2.45) is 0 Å². The van der Waals surface area contributed by atoms with Crippen molar-refractivity contribution in [1.29, 1.82) is 0 Å². The van der Waals surface area contributed by atoms with E-state index in [9.17, 15) is 18.4 Å². The van der Waals surface area contributed by atoms with Gasteiger partial charge in [-0.1, -0.05) is 18.2 Å². The summed E-state index contributed by atoms with van der Waals surface area (Å²) in [6, 6.07) is 0.0405. The van der Waals surface area contributed by atoms with Crippen molar-refractivity contribution in [1.82, 2.24) is 4.98 Å². The van der Waals surface area contributed by atoms with Gasteiger partial charge in [-0.15, -0.1) is 11.3 Å². The molecule has 0 bridgehead atoms. The van der Waals surface area contributed by atoms with Crippen molar-refractivity contribution in [3.63, 3.8) is 0 Å². The third-order valence-electron chi connectivity index (χ3n) is 3.44. The molecule has 1 aliphatic carbocycles. The molecular formula is C14H17F3N2OS2. The van der Waals surface area contributed by atoms with E-state index in [1.165, 1.54) is 29.5 Å². The highest BCUT2D eigenvalue weighted by molar-refractivity contribution is 8.01. The lowest BCUT2D eigenvalue weighted by Crippen LogP contribution is -2.25. The van der Waals surface area contributed by atoms with E-state index in [2.05, 4.69) is 4.98 Å². The summed E-state index contributed by atoms with van der Waals surface area (Å²) in [5.74, 6) is -1.18. The van der Waals surface area contributed by atoms with E-state index in [4.69, 9.17) is 0 Å². The Morgan fingerprint density at radius 3 is 2.77 bits per heavy atom. The first-order valence-corrected chi connectivity index (χ1v) is 8.95. The minimum absolute atomic E-state index is 0.0405. The second-order valence-electron chi connectivity index (χ2n) is 5.07. The molecule has 8 heteroatoms. The van der Waals surface area contributed by atoms with Gasteiger partial charge in [-0.05, 0) is 12.8 Å². The summed E-state index contributed by atoms with van der Waals surface area (Å²) in [6.45, 7) is 0. The summed E-state index contributed by atoms with van der Waals surface area (Å²) in [7, 11) is 0. The van der Waals surface area contributed by atoms with Crippen LogP contribution in [0.5, 0.6) is 0 Å². The van der Waals surface area contributed by atoms with Crippen LogP contribution in [0.2, 0.25) is 0 Å². The number of thiazole rings is 1. The zero-order chi connectivity index (χ0) is 15.9. The molecule has 0 amide bonds. The molecule has 1 fully saturated rings. The fourth-order valence-electron chi connectivity index (χ4n) is 2.29. The lowest BCUT2D eigenvalue weighted by molar-refractivity contribution is -0.500. The molecule has 1 aliphatic rings. The zero-order valence-corrected chi connectivity index (χ0v) is 13.6. The number of allylic oxidation sites excluding steroid dienone is 1. The fourth-order valence-corrected chi connectivity index (χ4v) is 4.21. The number of thioether (sulfide) groups is 1. The number of halogens is 3. The molecule has 0 spiro atoms. The Morgan fingerprint density at radius 1 is 1.36 bits per heavy atom. The molecule has 122 valence electrons. The molecular weight excluding hydrogens is 333 g/mol. The van der Waals surface area contributed by atoms with E-state index in [1.54, 1.807) is 12.4 Å². The first-order valence-electron chi connectivity index (χ1n) is 7.15. The normalized spacial score (nSPS) is 16.8. The van der Waals surface area contributed by atoms with Crippen molar-refractivity contribution in [3.05, 3.63) is 28.2 Å². The monoisotopic (exact) mass is 350 g/mol. The SMILES string of the molecule is [O-]/[N+](=C\c1cnc(SCCC(F)=C(F)F)s1)C1CCCCC1. The predicted molar refractivity (Wildman–Crippen MR) is 83.5 cm³/mol. The van der Waals surface area contributed by atoms with Gasteiger partial charge in [0.1, 0.15) is 4.88 Å². The first-order chi connectivity index (χ1) is 10.6. The molecule has 0 saturated heterocycles. The topological polar surface area (TPSA) is 39.0 Å². The van der Waals surface area contributed by atoms with E-state index in [1.807, 2.05) is 0 Å². The number of aromatic nitrogens is 1. The van der Waals surface area contributed by atoms with Crippen LogP contribution in [0, 0.1) is 5.21 Å². The van der Waals surface area contributed by atoms with Crippen molar-refractivity contribution >= 4 is 29.3 Å². The molecule has 1 saturated carbocycles. The van der Waals surface area contributed by atoms with Gasteiger partial charge >= 0.3 is 6.08 Å². The standard InChI is InChI=1S/C14H17F3N2OS2/c15-12(13(16)17)6-7-21-14-18-8-11(22-14)9-19(20)10-4-2-1-3-5-10/h8-10H,1-7H2/b19-9-. The Morgan fingerprint density at radius 2 is 2.09 bits per heavy atom. The van der Waals surface area contributed by atoms with Crippen molar-refractivity contribution < 1.29 is 17.9 Å². The maximum Gasteiger partial charge on any atom is 0.301 e. The summed E-state index contributed by atoms with van der Waals surface area (Å²) in [4.78, 5) is 4.85. The molecule has 1 aromatic rings. The smallest absolute Gasteiger partial charge is 0.301 e. The third kappa shape index (κ3) is 5.31. The molecule has 1 heterocycles. The number of hydroxylamine groups is 1. The highest BCUT2D eigenvalue weighted by Crippen LogP contribution is 2.26. The Labute approximate surface area is 135 Å². The number of hydrogen-bond donors (Lipinski definition) is 0. The summed E-state index contributed by atoms with van der Waals surface area (Å²) in [5.41, 5.74) is 0. The third-order valence-corrected chi connectivity index (χ3v) is 5.53. The van der Waals surface area contributed by atoms with E-state index in [-0.39, 0.29) is 18.2 Å². The van der Waals surface area contributed by atoms with Crippen LogP contribution in [-0.4, -0.2) is 27.7 Å². The maximum atomic E-state index is 12.7. The number of nitrogens with zero attached hydrogens (tertiary/aromatic N) is 2. The van der Waals surface area contributed by atoms with Crippen molar-refractivity contribution in [2.45, 2.75) is 48.9 Å². The molecule has 0 N–H and O–H groups in total. The Bertz CT molecular complexity index is 550. The summed E-state index contributed by atoms with van der Waals surface area (Å²) >= 11 is 2.52. The quantitative estimate of drug-likeness (QED) is 0.239. The first kappa shape index (κ1) is 17.3. The van der Waals surface area contributed by atoms with Crippen LogP contribution >= 0.6 is 23.1 Å². The average Bonchev–Trinajstić information content (AvgIpc) is 2.95. The average molecular weight is 350 g/mol. The fraction of sp³-hybridized carbons (Fsp3) is 0.571. The largest absolute Gasteiger partial charge is 0.624 e. The minimum atomic E-state index is -2.26. The second kappa shape index (κ2) is 8.57. The summed E-state index contributed by atoms with van der Waals surface area (Å²) < 4.78 is 38.1. The van der Waals surface area contributed by atoms with E-state index in [0.29, 0.717) is 4.34 Å². The van der Waals surface area contributed by atoms with Crippen molar-refractivity contribution in [3.8, 4) is 0 Å². The zero-order valence-electron chi connectivity index (χ0n) is 11.9.